The molecule has 1 amide bonds. The van der Waals surface area contributed by atoms with Crippen LogP contribution >= 0.6 is 0 Å². The topological polar surface area (TPSA) is 72.3 Å². The highest BCUT2D eigenvalue weighted by atomic mass is 16.1. The van der Waals surface area contributed by atoms with Crippen LogP contribution in [0.2, 0.25) is 0 Å². The lowest BCUT2D eigenvalue weighted by molar-refractivity contribution is 0.100. The van der Waals surface area contributed by atoms with Crippen LogP contribution in [-0.4, -0.2) is 19.0 Å². The summed E-state index contributed by atoms with van der Waals surface area (Å²) in [4.78, 5) is 13.5. The fraction of sp³-hybridized carbons (Fsp3) is 0.462. The number of rotatable bonds is 4. The minimum Gasteiger partial charge on any atom is -0.399 e. The van der Waals surface area contributed by atoms with Gasteiger partial charge in [-0.3, -0.25) is 4.79 Å². The Bertz CT molecular complexity index is 440. The van der Waals surface area contributed by atoms with Gasteiger partial charge in [0.05, 0.1) is 11.3 Å². The largest absolute Gasteiger partial charge is 0.399 e. The molecule has 0 saturated heterocycles. The fourth-order valence-electron chi connectivity index (χ4n) is 2.16. The summed E-state index contributed by atoms with van der Waals surface area (Å²) in [6.45, 7) is 2.17. The van der Waals surface area contributed by atoms with E-state index >= 15 is 0 Å². The van der Waals surface area contributed by atoms with Crippen molar-refractivity contribution in [3.8, 4) is 0 Å². The number of hydrogen-bond acceptors (Lipinski definition) is 3. The van der Waals surface area contributed by atoms with Gasteiger partial charge in [0.25, 0.3) is 5.91 Å². The Kier molecular flexibility index (Phi) is 2.96. The van der Waals surface area contributed by atoms with Crippen LogP contribution in [0.3, 0.4) is 0 Å². The normalized spacial score (nSPS) is 16.6. The van der Waals surface area contributed by atoms with E-state index in [1.54, 1.807) is 12.1 Å². The van der Waals surface area contributed by atoms with Crippen molar-refractivity contribution in [1.29, 1.82) is 0 Å². The molecule has 1 unspecified atom stereocenters. The number of amides is 1. The number of benzene rings is 1. The Morgan fingerprint density at radius 1 is 1.47 bits per heavy atom. The molecule has 2 rings (SSSR count). The number of hydrogen-bond donors (Lipinski definition) is 2. The molecule has 1 saturated carbocycles. The van der Waals surface area contributed by atoms with E-state index in [1.165, 1.54) is 12.8 Å². The molecule has 1 aromatic carbocycles. The highest BCUT2D eigenvalue weighted by Gasteiger charge is 2.31. The van der Waals surface area contributed by atoms with Crippen LogP contribution in [0.15, 0.2) is 18.2 Å². The Morgan fingerprint density at radius 2 is 2.12 bits per heavy atom. The lowest BCUT2D eigenvalue weighted by Gasteiger charge is -2.28. The molecule has 1 fully saturated rings. The molecular weight excluding hydrogens is 214 g/mol. The number of nitrogens with two attached hydrogens (primary N) is 2. The highest BCUT2D eigenvalue weighted by molar-refractivity contribution is 5.99. The summed E-state index contributed by atoms with van der Waals surface area (Å²) in [5.41, 5.74) is 13.2. The zero-order valence-corrected chi connectivity index (χ0v) is 10.3. The molecule has 1 atom stereocenters. The summed E-state index contributed by atoms with van der Waals surface area (Å²) in [5, 5.41) is 0. The molecule has 0 radical (unpaired) electrons. The summed E-state index contributed by atoms with van der Waals surface area (Å²) >= 11 is 0. The van der Waals surface area contributed by atoms with Crippen LogP contribution in [-0.2, 0) is 0 Å². The summed E-state index contributed by atoms with van der Waals surface area (Å²) in [6, 6.07) is 5.64. The molecule has 1 aliphatic carbocycles. The first-order valence-electron chi connectivity index (χ1n) is 5.93. The lowest BCUT2D eigenvalue weighted by Crippen LogP contribution is -2.32. The van der Waals surface area contributed by atoms with Crippen LogP contribution in [0.4, 0.5) is 11.4 Å². The van der Waals surface area contributed by atoms with Gasteiger partial charge < -0.3 is 16.4 Å². The van der Waals surface area contributed by atoms with Gasteiger partial charge in [-0.05, 0) is 43.9 Å². The average Bonchev–Trinajstić information content (AvgIpc) is 3.10. The maximum atomic E-state index is 11.4. The van der Waals surface area contributed by atoms with Gasteiger partial charge in [-0.15, -0.1) is 0 Å². The Morgan fingerprint density at radius 3 is 2.65 bits per heavy atom. The quantitative estimate of drug-likeness (QED) is 0.776. The second-order valence-electron chi connectivity index (χ2n) is 4.83. The second-order valence-corrected chi connectivity index (χ2v) is 4.83. The molecule has 0 bridgehead atoms. The van der Waals surface area contributed by atoms with Crippen molar-refractivity contribution in [3.63, 3.8) is 0 Å². The van der Waals surface area contributed by atoms with Crippen molar-refractivity contribution in [1.82, 2.24) is 0 Å². The molecule has 1 aromatic rings. The SMILES string of the molecule is CC(C1CC1)N(C)c1cc(N)ccc1C(N)=O. The Labute approximate surface area is 102 Å². The maximum Gasteiger partial charge on any atom is 0.250 e. The molecule has 0 heterocycles. The Hall–Kier alpha value is -1.71. The van der Waals surface area contributed by atoms with Crippen molar-refractivity contribution in [3.05, 3.63) is 23.8 Å². The van der Waals surface area contributed by atoms with Gasteiger partial charge in [0.2, 0.25) is 0 Å². The van der Waals surface area contributed by atoms with E-state index in [0.29, 0.717) is 17.3 Å². The van der Waals surface area contributed by atoms with E-state index < -0.39 is 5.91 Å². The Balaban J connectivity index is 2.34. The maximum absolute atomic E-state index is 11.4. The van der Waals surface area contributed by atoms with E-state index in [0.717, 1.165) is 11.6 Å². The minimum atomic E-state index is -0.408. The van der Waals surface area contributed by atoms with Gasteiger partial charge >= 0.3 is 0 Å². The van der Waals surface area contributed by atoms with Crippen LogP contribution in [0.1, 0.15) is 30.1 Å². The average molecular weight is 233 g/mol. The van der Waals surface area contributed by atoms with Crippen molar-refractivity contribution in [2.24, 2.45) is 11.7 Å². The van der Waals surface area contributed by atoms with Crippen LogP contribution in [0, 0.1) is 5.92 Å². The van der Waals surface area contributed by atoms with Crippen molar-refractivity contribution >= 4 is 17.3 Å². The molecule has 1 aliphatic rings. The first kappa shape index (κ1) is 11.8. The van der Waals surface area contributed by atoms with Gasteiger partial charge in [-0.1, -0.05) is 0 Å². The van der Waals surface area contributed by atoms with E-state index in [1.807, 2.05) is 13.1 Å². The molecule has 17 heavy (non-hydrogen) atoms. The smallest absolute Gasteiger partial charge is 0.250 e. The monoisotopic (exact) mass is 233 g/mol. The van der Waals surface area contributed by atoms with Crippen LogP contribution < -0.4 is 16.4 Å². The van der Waals surface area contributed by atoms with Gasteiger partial charge in [-0.25, -0.2) is 0 Å². The van der Waals surface area contributed by atoms with Crippen LogP contribution in [0.25, 0.3) is 0 Å². The van der Waals surface area contributed by atoms with E-state index in [4.69, 9.17) is 11.5 Å². The molecule has 0 spiro atoms. The summed E-state index contributed by atoms with van der Waals surface area (Å²) in [7, 11) is 1.99. The molecule has 0 aromatic heterocycles. The third-order valence-corrected chi connectivity index (χ3v) is 3.58. The van der Waals surface area contributed by atoms with Gasteiger partial charge in [0.15, 0.2) is 0 Å². The van der Waals surface area contributed by atoms with Gasteiger partial charge in [0, 0.05) is 18.8 Å². The predicted octanol–water partition coefficient (Wildman–Crippen LogP) is 1.60. The van der Waals surface area contributed by atoms with E-state index in [2.05, 4.69) is 11.8 Å². The highest BCUT2D eigenvalue weighted by Crippen LogP contribution is 2.37. The lowest BCUT2D eigenvalue weighted by atomic mass is 10.1. The van der Waals surface area contributed by atoms with Gasteiger partial charge in [-0.2, -0.15) is 0 Å². The van der Waals surface area contributed by atoms with E-state index in [-0.39, 0.29) is 0 Å². The summed E-state index contributed by atoms with van der Waals surface area (Å²) < 4.78 is 0. The zero-order chi connectivity index (χ0) is 12.6. The minimum absolute atomic E-state index is 0.408. The first-order valence-corrected chi connectivity index (χ1v) is 5.93. The number of primary amides is 1. The summed E-state index contributed by atoms with van der Waals surface area (Å²) in [5.74, 6) is 0.317. The number of nitrogens with zero attached hydrogens (tertiary/aromatic N) is 1. The van der Waals surface area contributed by atoms with Crippen LogP contribution in [0.5, 0.6) is 0 Å². The van der Waals surface area contributed by atoms with Crippen molar-refractivity contribution < 1.29 is 4.79 Å². The first-order chi connectivity index (χ1) is 8.00. The molecule has 4 N–H and O–H groups in total. The number of carbonyl (C=O) groups excluding carboxylic acids is 1. The van der Waals surface area contributed by atoms with Crippen molar-refractivity contribution in [2.75, 3.05) is 17.7 Å². The molecule has 4 nitrogen and oxygen atoms in total. The number of anilines is 2. The summed E-state index contributed by atoms with van der Waals surface area (Å²) in [6.07, 6.45) is 2.53. The zero-order valence-electron chi connectivity index (χ0n) is 10.3. The molecule has 92 valence electrons. The number of nitrogen functional groups attached to an aromatic ring is 1. The number of carbonyl (C=O) groups is 1. The molecule has 4 heteroatoms. The van der Waals surface area contributed by atoms with Crippen molar-refractivity contribution in [2.45, 2.75) is 25.8 Å². The van der Waals surface area contributed by atoms with Gasteiger partial charge in [0.1, 0.15) is 0 Å². The predicted molar refractivity (Wildman–Crippen MR) is 70.0 cm³/mol. The fourth-order valence-corrected chi connectivity index (χ4v) is 2.16. The van der Waals surface area contributed by atoms with E-state index in [9.17, 15) is 4.79 Å². The third-order valence-electron chi connectivity index (χ3n) is 3.58. The third kappa shape index (κ3) is 2.35. The molecular formula is C13H19N3O. The second kappa shape index (κ2) is 4.28. The standard InChI is InChI=1S/C13H19N3O/c1-8(9-3-4-9)16(2)12-7-10(14)5-6-11(12)13(15)17/h5-9H,3-4,14H2,1-2H3,(H2,15,17). The molecule has 0 aliphatic heterocycles.